The predicted octanol–water partition coefficient (Wildman–Crippen LogP) is 15.7. The molecule has 0 aliphatic carbocycles. The highest BCUT2D eigenvalue weighted by molar-refractivity contribution is 7.27. The van der Waals surface area contributed by atoms with Gasteiger partial charge in [-0.3, -0.25) is 0 Å². The largest absolute Gasteiger partial charge is 0.143 e. The van der Waals surface area contributed by atoms with Gasteiger partial charge in [0.2, 0.25) is 0 Å². The van der Waals surface area contributed by atoms with Gasteiger partial charge in [0, 0.05) is 92.0 Å². The van der Waals surface area contributed by atoms with Crippen LogP contribution < -0.4 is 9.06 Å². The van der Waals surface area contributed by atoms with Crippen LogP contribution in [0.15, 0.2) is 132 Å². The molecule has 10 aromatic heterocycles. The van der Waals surface area contributed by atoms with Crippen LogP contribution in [0.2, 0.25) is 0 Å². The first kappa shape index (κ1) is 35.2. The van der Waals surface area contributed by atoms with Gasteiger partial charge in [0.1, 0.15) is 0 Å². The van der Waals surface area contributed by atoms with Crippen LogP contribution in [-0.2, 0) is 0 Å². The third kappa shape index (κ3) is 6.92. The molecule has 264 valence electrons. The molecule has 10 heterocycles. The van der Waals surface area contributed by atoms with Gasteiger partial charge < -0.3 is 0 Å². The minimum absolute atomic E-state index is 1.32. The fraction of sp³-hybridized carbons (Fsp3) is 0.0455. The second-order valence-corrected chi connectivity index (χ2v) is 23.3. The Hall–Kier alpha value is -3.26. The molecule has 0 fully saturated rings. The molecule has 0 radical (unpaired) electrons. The smallest absolute Gasteiger partial charge is 0.0449 e. The van der Waals surface area contributed by atoms with Crippen LogP contribution >= 0.6 is 113 Å². The van der Waals surface area contributed by atoms with Crippen molar-refractivity contribution < 1.29 is 0 Å². The predicted molar refractivity (Wildman–Crippen MR) is 250 cm³/mol. The SMILES string of the molecule is CC(c1ccc(-c2ccc(-c3cccs3)s2)s1)=c1cc/c(=c2/ccc(=C(c3ccc(-c4ccc(C)s4)s3)c3ccc(-c4ccc(-c5cccs5)s4)s3)s2)s1. The monoisotopic (exact) mass is 876 g/mol. The highest BCUT2D eigenvalue weighted by Gasteiger charge is 2.17. The van der Waals surface area contributed by atoms with Crippen molar-refractivity contribution in [1.29, 1.82) is 0 Å². The third-order valence-electron chi connectivity index (χ3n) is 8.96. The highest BCUT2D eigenvalue weighted by atomic mass is 32.1. The van der Waals surface area contributed by atoms with E-state index < -0.39 is 0 Å². The maximum Gasteiger partial charge on any atom is 0.0449 e. The Kier molecular flexibility index (Phi) is 9.77. The number of rotatable bonds is 8. The van der Waals surface area contributed by atoms with Crippen molar-refractivity contribution in [2.45, 2.75) is 13.8 Å². The Morgan fingerprint density at radius 1 is 0.352 bits per heavy atom. The lowest BCUT2D eigenvalue weighted by atomic mass is 10.2. The summed E-state index contributed by atoms with van der Waals surface area (Å²) in [5, 5.41) is 4.31. The maximum absolute atomic E-state index is 2.34. The van der Waals surface area contributed by atoms with Gasteiger partial charge in [0.05, 0.1) is 0 Å². The third-order valence-corrected chi connectivity index (χ3v) is 20.8. The fourth-order valence-electron chi connectivity index (χ4n) is 6.25. The number of thiophene rings is 10. The Labute approximate surface area is 353 Å². The first-order valence-corrected chi connectivity index (χ1v) is 25.4. The molecule has 0 aliphatic rings. The maximum atomic E-state index is 2.34. The van der Waals surface area contributed by atoms with Crippen LogP contribution in [0.3, 0.4) is 0 Å². The van der Waals surface area contributed by atoms with Crippen LogP contribution in [0, 0.1) is 16.0 Å². The molecule has 54 heavy (non-hydrogen) atoms. The Balaban J connectivity index is 1.04. The quantitative estimate of drug-likeness (QED) is 0.143. The van der Waals surface area contributed by atoms with Crippen molar-refractivity contribution in [3.8, 4) is 48.8 Å². The fourth-order valence-corrected chi connectivity index (χ4v) is 16.7. The van der Waals surface area contributed by atoms with Crippen LogP contribution in [0.5, 0.6) is 0 Å². The van der Waals surface area contributed by atoms with E-state index in [1.807, 2.05) is 102 Å². The van der Waals surface area contributed by atoms with Crippen LogP contribution in [-0.4, -0.2) is 0 Å². The van der Waals surface area contributed by atoms with Gasteiger partial charge in [-0.15, -0.1) is 113 Å². The minimum atomic E-state index is 1.32. The normalized spacial score (nSPS) is 13.5. The molecule has 0 aliphatic heterocycles. The summed E-state index contributed by atoms with van der Waals surface area (Å²) in [4.78, 5) is 18.7. The van der Waals surface area contributed by atoms with Crippen LogP contribution in [0.4, 0.5) is 0 Å². The van der Waals surface area contributed by atoms with Crippen molar-refractivity contribution in [3.05, 3.63) is 170 Å². The molecule has 0 saturated carbocycles. The average molecular weight is 877 g/mol. The zero-order valence-electron chi connectivity index (χ0n) is 28.8. The molecular formula is C44H28S10. The molecule has 0 N–H and O–H groups in total. The zero-order chi connectivity index (χ0) is 36.2. The number of hydrogen-bond donors (Lipinski definition) is 0. The second-order valence-electron chi connectivity index (χ2n) is 12.5. The summed E-state index contributed by atoms with van der Waals surface area (Å²) in [6.45, 7) is 4.46. The molecule has 0 aromatic carbocycles. The van der Waals surface area contributed by atoms with E-state index >= 15 is 0 Å². The standard InChI is InChI=1S/C44H28S10/c1-25-7-8-33(47-25)34-17-20-41(52-34)44(43-22-19-40(54-43)38-16-14-32(51-38)30-6-4-24-46-30)42-21-18-39(53-42)36-12-10-28(49-36)26(2)27-9-11-35(48-27)37-15-13-31(50-37)29-5-3-23-45-29/h3-24H,1-2H3/b28-26?,39-36+,44-42?. The number of hydrogen-bond acceptors (Lipinski definition) is 10. The molecule has 10 heteroatoms. The summed E-state index contributed by atoms with van der Waals surface area (Å²) >= 11 is 18.8. The summed E-state index contributed by atoms with van der Waals surface area (Å²) in [7, 11) is 0. The molecule has 0 spiro atoms. The van der Waals surface area contributed by atoms with E-state index in [2.05, 4.69) is 146 Å². The summed E-state index contributed by atoms with van der Waals surface area (Å²) in [6, 6.07) is 45.4. The van der Waals surface area contributed by atoms with E-state index in [-0.39, 0.29) is 0 Å². The lowest BCUT2D eigenvalue weighted by Crippen LogP contribution is -1.99. The van der Waals surface area contributed by atoms with E-state index in [0.717, 1.165) is 0 Å². The van der Waals surface area contributed by atoms with Gasteiger partial charge in [0.15, 0.2) is 0 Å². The molecule has 10 aromatic rings. The van der Waals surface area contributed by atoms with Crippen molar-refractivity contribution in [1.82, 2.24) is 0 Å². The molecule has 0 unspecified atom stereocenters. The van der Waals surface area contributed by atoms with E-state index in [9.17, 15) is 0 Å². The van der Waals surface area contributed by atoms with E-state index in [0.29, 0.717) is 0 Å². The van der Waals surface area contributed by atoms with Crippen molar-refractivity contribution >= 4 is 125 Å². The van der Waals surface area contributed by atoms with Crippen LogP contribution in [0.1, 0.15) is 26.4 Å². The van der Waals surface area contributed by atoms with Gasteiger partial charge in [0.25, 0.3) is 0 Å². The van der Waals surface area contributed by atoms with Crippen molar-refractivity contribution in [2.24, 2.45) is 0 Å². The lowest BCUT2D eigenvalue weighted by molar-refractivity contribution is 1.64. The van der Waals surface area contributed by atoms with Gasteiger partial charge in [-0.25, -0.2) is 0 Å². The molecular weight excluding hydrogens is 849 g/mol. The Morgan fingerprint density at radius 2 is 0.778 bits per heavy atom. The van der Waals surface area contributed by atoms with E-state index in [1.165, 1.54) is 97.6 Å². The van der Waals surface area contributed by atoms with Gasteiger partial charge >= 0.3 is 0 Å². The Morgan fingerprint density at radius 3 is 1.30 bits per heavy atom. The topological polar surface area (TPSA) is 0 Å². The average Bonchev–Trinajstić information content (AvgIpc) is 4.05. The molecule has 0 atom stereocenters. The van der Waals surface area contributed by atoms with Gasteiger partial charge in [-0.2, -0.15) is 0 Å². The van der Waals surface area contributed by atoms with Crippen molar-refractivity contribution in [2.75, 3.05) is 0 Å². The second kappa shape index (κ2) is 15.0. The highest BCUT2D eigenvalue weighted by Crippen LogP contribution is 2.44. The zero-order valence-corrected chi connectivity index (χ0v) is 36.9. The first-order valence-electron chi connectivity index (χ1n) is 17.1. The van der Waals surface area contributed by atoms with E-state index in [4.69, 9.17) is 0 Å². The summed E-state index contributed by atoms with van der Waals surface area (Å²) in [5.41, 5.74) is 2.68. The van der Waals surface area contributed by atoms with Crippen molar-refractivity contribution in [3.63, 3.8) is 0 Å². The molecule has 10 rings (SSSR count). The van der Waals surface area contributed by atoms with Gasteiger partial charge in [-0.1, -0.05) is 12.1 Å². The van der Waals surface area contributed by atoms with Crippen LogP contribution in [0.25, 0.3) is 59.9 Å². The minimum Gasteiger partial charge on any atom is -0.143 e. The molecule has 0 saturated heterocycles. The summed E-state index contributed by atoms with van der Waals surface area (Å²) < 4.78 is 5.29. The van der Waals surface area contributed by atoms with E-state index in [1.54, 1.807) is 11.3 Å². The lowest BCUT2D eigenvalue weighted by Gasteiger charge is -2.01. The first-order chi connectivity index (χ1) is 26.5. The van der Waals surface area contributed by atoms with Gasteiger partial charge in [-0.05, 0) is 139 Å². The molecule has 0 amide bonds. The summed E-state index contributed by atoms with van der Waals surface area (Å²) in [5.74, 6) is 0. The number of aryl methyl sites for hydroxylation is 1. The summed E-state index contributed by atoms with van der Waals surface area (Å²) in [6.07, 6.45) is 0. The Bertz CT molecular complexity index is 3080. The molecule has 0 nitrogen and oxygen atoms in total. The molecule has 0 bridgehead atoms.